The van der Waals surface area contributed by atoms with Crippen LogP contribution in [-0.2, 0) is 0 Å². The highest BCUT2D eigenvalue weighted by Crippen LogP contribution is 2.35. The van der Waals surface area contributed by atoms with Gasteiger partial charge in [-0.3, -0.25) is 0 Å². The standard InChI is InChI=1S/C19H13N3/c1-11-13-7-8-15-18-16(10-9-14(20-11)17(13)18)22-19(21-15)12-5-3-2-4-6-12/h2-10,20H,1H3. The van der Waals surface area contributed by atoms with Gasteiger partial charge in [0.15, 0.2) is 5.82 Å². The normalized spacial score (nSPS) is 11.9. The third kappa shape index (κ3) is 1.45. The molecule has 0 amide bonds. The first-order valence-electron chi connectivity index (χ1n) is 7.38. The predicted octanol–water partition coefficient (Wildman–Crippen LogP) is 4.68. The number of aryl methyl sites for hydroxylation is 1. The molecule has 5 aromatic rings. The molecule has 22 heavy (non-hydrogen) atoms. The van der Waals surface area contributed by atoms with E-state index in [9.17, 15) is 0 Å². The Hall–Kier alpha value is -2.94. The largest absolute Gasteiger partial charge is 0.358 e. The summed E-state index contributed by atoms with van der Waals surface area (Å²) in [4.78, 5) is 13.0. The molecule has 0 aliphatic carbocycles. The Balaban J connectivity index is 1.94. The minimum atomic E-state index is 0.780. The van der Waals surface area contributed by atoms with Crippen LogP contribution in [-0.4, -0.2) is 15.0 Å². The van der Waals surface area contributed by atoms with Crippen LogP contribution in [0.5, 0.6) is 0 Å². The maximum atomic E-state index is 4.78. The molecule has 0 fully saturated rings. The molecule has 0 aliphatic heterocycles. The molecular weight excluding hydrogens is 270 g/mol. The van der Waals surface area contributed by atoms with E-state index in [1.165, 1.54) is 16.5 Å². The second kappa shape index (κ2) is 4.04. The van der Waals surface area contributed by atoms with Crippen LogP contribution < -0.4 is 0 Å². The average Bonchev–Trinajstić information content (AvgIpc) is 2.90. The Morgan fingerprint density at radius 1 is 0.773 bits per heavy atom. The predicted molar refractivity (Wildman–Crippen MR) is 90.3 cm³/mol. The van der Waals surface area contributed by atoms with Gasteiger partial charge in [0, 0.05) is 32.9 Å². The highest BCUT2D eigenvalue weighted by molar-refractivity contribution is 6.21. The molecule has 1 N–H and O–H groups in total. The number of hydrogen-bond acceptors (Lipinski definition) is 2. The number of benzene rings is 3. The summed E-state index contributed by atoms with van der Waals surface area (Å²) in [7, 11) is 0. The van der Waals surface area contributed by atoms with Crippen molar-refractivity contribution < 1.29 is 0 Å². The van der Waals surface area contributed by atoms with Gasteiger partial charge in [0.1, 0.15) is 0 Å². The monoisotopic (exact) mass is 283 g/mol. The minimum Gasteiger partial charge on any atom is -0.358 e. The first-order chi connectivity index (χ1) is 10.8. The Morgan fingerprint density at radius 3 is 2.27 bits per heavy atom. The first-order valence-corrected chi connectivity index (χ1v) is 7.38. The molecule has 3 heteroatoms. The third-order valence-electron chi connectivity index (χ3n) is 4.33. The first kappa shape index (κ1) is 11.7. The Morgan fingerprint density at radius 2 is 1.50 bits per heavy atom. The molecule has 3 aromatic carbocycles. The lowest BCUT2D eigenvalue weighted by molar-refractivity contribution is 1.26. The van der Waals surface area contributed by atoms with E-state index in [-0.39, 0.29) is 0 Å². The van der Waals surface area contributed by atoms with Gasteiger partial charge in [-0.05, 0) is 25.1 Å². The molecule has 2 aromatic heterocycles. The topological polar surface area (TPSA) is 41.6 Å². The molecule has 0 unspecified atom stereocenters. The number of nitrogens with one attached hydrogen (secondary N) is 1. The molecule has 2 heterocycles. The molecule has 104 valence electrons. The van der Waals surface area contributed by atoms with Crippen molar-refractivity contribution in [3.8, 4) is 11.4 Å². The lowest BCUT2D eigenvalue weighted by atomic mass is 10.0. The summed E-state index contributed by atoms with van der Waals surface area (Å²) in [5, 5.41) is 3.65. The van der Waals surface area contributed by atoms with Gasteiger partial charge in [-0.25, -0.2) is 9.97 Å². The molecule has 0 radical (unpaired) electrons. The highest BCUT2D eigenvalue weighted by atomic mass is 14.9. The number of nitrogens with zero attached hydrogens (tertiary/aromatic N) is 2. The van der Waals surface area contributed by atoms with Gasteiger partial charge in [0.25, 0.3) is 0 Å². The highest BCUT2D eigenvalue weighted by Gasteiger charge is 2.14. The summed E-state index contributed by atoms with van der Waals surface area (Å²) in [5.41, 5.74) is 5.39. The van der Waals surface area contributed by atoms with Crippen molar-refractivity contribution in [1.82, 2.24) is 15.0 Å². The minimum absolute atomic E-state index is 0.780. The van der Waals surface area contributed by atoms with E-state index >= 15 is 0 Å². The summed E-state index contributed by atoms with van der Waals surface area (Å²) in [5.74, 6) is 0.780. The summed E-state index contributed by atoms with van der Waals surface area (Å²) >= 11 is 0. The molecule has 0 atom stereocenters. The van der Waals surface area contributed by atoms with Crippen molar-refractivity contribution in [2.24, 2.45) is 0 Å². The third-order valence-corrected chi connectivity index (χ3v) is 4.33. The van der Waals surface area contributed by atoms with Crippen molar-refractivity contribution in [3.05, 3.63) is 60.3 Å². The summed E-state index contributed by atoms with van der Waals surface area (Å²) in [6.45, 7) is 2.11. The van der Waals surface area contributed by atoms with Gasteiger partial charge < -0.3 is 4.98 Å². The zero-order valence-electron chi connectivity index (χ0n) is 12.1. The lowest BCUT2D eigenvalue weighted by Gasteiger charge is -2.07. The van der Waals surface area contributed by atoms with E-state index in [1.54, 1.807) is 0 Å². The smallest absolute Gasteiger partial charge is 0.160 e. The van der Waals surface area contributed by atoms with Crippen LogP contribution in [0.3, 0.4) is 0 Å². The van der Waals surface area contributed by atoms with E-state index in [0.717, 1.165) is 33.3 Å². The molecule has 5 rings (SSSR count). The van der Waals surface area contributed by atoms with Crippen molar-refractivity contribution in [3.63, 3.8) is 0 Å². The van der Waals surface area contributed by atoms with Crippen LogP contribution in [0, 0.1) is 6.92 Å². The maximum Gasteiger partial charge on any atom is 0.160 e. The quantitative estimate of drug-likeness (QED) is 0.485. The van der Waals surface area contributed by atoms with E-state index in [2.05, 4.69) is 36.2 Å². The van der Waals surface area contributed by atoms with Crippen molar-refractivity contribution >= 4 is 32.7 Å². The maximum absolute atomic E-state index is 4.78. The Bertz CT molecular complexity index is 1100. The second-order valence-electron chi connectivity index (χ2n) is 5.68. The fourth-order valence-corrected chi connectivity index (χ4v) is 3.30. The van der Waals surface area contributed by atoms with Crippen LogP contribution in [0.4, 0.5) is 0 Å². The van der Waals surface area contributed by atoms with Gasteiger partial charge in [-0.1, -0.05) is 36.4 Å². The molecule has 0 spiro atoms. The van der Waals surface area contributed by atoms with Gasteiger partial charge in [0.05, 0.1) is 11.0 Å². The van der Waals surface area contributed by atoms with Gasteiger partial charge in [-0.2, -0.15) is 0 Å². The SMILES string of the molecule is Cc1[nH]c2ccc3nc(-c4ccccc4)nc4ccc1c2c34. The zero-order chi connectivity index (χ0) is 14.7. The molecule has 0 bridgehead atoms. The van der Waals surface area contributed by atoms with Crippen LogP contribution in [0.2, 0.25) is 0 Å². The Labute approximate surface area is 127 Å². The number of hydrogen-bond donors (Lipinski definition) is 1. The summed E-state index contributed by atoms with van der Waals surface area (Å²) in [6, 6.07) is 18.6. The van der Waals surface area contributed by atoms with Crippen LogP contribution in [0.1, 0.15) is 5.69 Å². The van der Waals surface area contributed by atoms with E-state index < -0.39 is 0 Å². The zero-order valence-corrected chi connectivity index (χ0v) is 12.1. The molecule has 0 aliphatic rings. The van der Waals surface area contributed by atoms with Crippen LogP contribution >= 0.6 is 0 Å². The number of rotatable bonds is 1. The van der Waals surface area contributed by atoms with E-state index in [4.69, 9.17) is 9.97 Å². The fourth-order valence-electron chi connectivity index (χ4n) is 3.30. The Kier molecular flexibility index (Phi) is 2.15. The van der Waals surface area contributed by atoms with Gasteiger partial charge in [-0.15, -0.1) is 0 Å². The summed E-state index contributed by atoms with van der Waals surface area (Å²) in [6.07, 6.45) is 0. The number of aromatic nitrogens is 3. The van der Waals surface area contributed by atoms with E-state index in [1.807, 2.05) is 30.3 Å². The van der Waals surface area contributed by atoms with Crippen molar-refractivity contribution in [1.29, 1.82) is 0 Å². The van der Waals surface area contributed by atoms with Crippen LogP contribution in [0.15, 0.2) is 54.6 Å². The van der Waals surface area contributed by atoms with Crippen molar-refractivity contribution in [2.45, 2.75) is 6.92 Å². The molecule has 0 saturated heterocycles. The van der Waals surface area contributed by atoms with E-state index in [0.29, 0.717) is 0 Å². The van der Waals surface area contributed by atoms with Gasteiger partial charge in [0.2, 0.25) is 0 Å². The second-order valence-corrected chi connectivity index (χ2v) is 5.68. The van der Waals surface area contributed by atoms with Gasteiger partial charge >= 0.3 is 0 Å². The lowest BCUT2D eigenvalue weighted by Crippen LogP contribution is -1.92. The average molecular weight is 283 g/mol. The number of H-pyrrole nitrogens is 1. The van der Waals surface area contributed by atoms with Crippen LogP contribution in [0.25, 0.3) is 44.1 Å². The molecule has 3 nitrogen and oxygen atoms in total. The molecular formula is C19H13N3. The molecule has 0 saturated carbocycles. The fraction of sp³-hybridized carbons (Fsp3) is 0.0526. The summed E-state index contributed by atoms with van der Waals surface area (Å²) < 4.78 is 0. The number of aromatic amines is 1. The van der Waals surface area contributed by atoms with Crippen molar-refractivity contribution in [2.75, 3.05) is 0 Å².